The van der Waals surface area contributed by atoms with E-state index < -0.39 is 0 Å². The summed E-state index contributed by atoms with van der Waals surface area (Å²) in [6.45, 7) is 3.27. The molecule has 1 fully saturated rings. The summed E-state index contributed by atoms with van der Waals surface area (Å²) in [5.41, 5.74) is 8.98. The van der Waals surface area contributed by atoms with Crippen molar-refractivity contribution < 1.29 is 0 Å². The third-order valence-corrected chi connectivity index (χ3v) is 6.22. The number of thioether (sulfide) groups is 1. The standard InChI is InChI=1S/C17H25N3S/c1-3-16-19-14-11-13(18)7-8-15(14)20(16)12-17(21-2)9-5-4-6-10-17/h7-8,11H,3-6,9-10,12,18H2,1-2H3. The normalized spacial score (nSPS) is 18.2. The van der Waals surface area contributed by atoms with E-state index in [1.807, 2.05) is 23.9 Å². The van der Waals surface area contributed by atoms with Crippen LogP contribution in [0.4, 0.5) is 5.69 Å². The topological polar surface area (TPSA) is 43.8 Å². The van der Waals surface area contributed by atoms with Gasteiger partial charge in [-0.1, -0.05) is 26.2 Å². The maximum Gasteiger partial charge on any atom is 0.109 e. The van der Waals surface area contributed by atoms with Crippen molar-refractivity contribution in [3.63, 3.8) is 0 Å². The number of nitrogens with zero attached hydrogens (tertiary/aromatic N) is 2. The summed E-state index contributed by atoms with van der Waals surface area (Å²) in [4.78, 5) is 4.80. The van der Waals surface area contributed by atoms with Crippen LogP contribution < -0.4 is 5.73 Å². The van der Waals surface area contributed by atoms with E-state index in [9.17, 15) is 0 Å². The Kier molecular flexibility index (Phi) is 4.16. The van der Waals surface area contributed by atoms with Crippen LogP contribution in [0, 0.1) is 0 Å². The van der Waals surface area contributed by atoms with Crippen molar-refractivity contribution in [3.05, 3.63) is 24.0 Å². The molecular weight excluding hydrogens is 278 g/mol. The fourth-order valence-corrected chi connectivity index (χ4v) is 4.51. The van der Waals surface area contributed by atoms with Gasteiger partial charge >= 0.3 is 0 Å². The fourth-order valence-electron chi connectivity index (χ4n) is 3.55. The van der Waals surface area contributed by atoms with Crippen molar-refractivity contribution in [3.8, 4) is 0 Å². The van der Waals surface area contributed by atoms with Gasteiger partial charge in [-0.05, 0) is 37.3 Å². The van der Waals surface area contributed by atoms with Gasteiger partial charge in [-0.25, -0.2) is 4.98 Å². The van der Waals surface area contributed by atoms with Gasteiger partial charge in [-0.15, -0.1) is 0 Å². The van der Waals surface area contributed by atoms with Crippen LogP contribution in [0.25, 0.3) is 11.0 Å². The average molecular weight is 303 g/mol. The Hall–Kier alpha value is -1.16. The number of aryl methyl sites for hydroxylation is 1. The SMILES string of the molecule is CCc1nc2cc(N)ccc2n1CC1(SC)CCCCC1. The van der Waals surface area contributed by atoms with Gasteiger partial charge in [0.15, 0.2) is 0 Å². The zero-order chi connectivity index (χ0) is 14.9. The molecule has 0 bridgehead atoms. The number of imidazole rings is 1. The molecule has 1 aromatic carbocycles. The van der Waals surface area contributed by atoms with Crippen LogP contribution in [-0.2, 0) is 13.0 Å². The molecular formula is C17H25N3S. The van der Waals surface area contributed by atoms with Crippen molar-refractivity contribution in [1.82, 2.24) is 9.55 Å². The van der Waals surface area contributed by atoms with Crippen molar-refractivity contribution in [2.24, 2.45) is 0 Å². The van der Waals surface area contributed by atoms with Gasteiger partial charge in [0, 0.05) is 23.4 Å². The molecule has 0 amide bonds. The Morgan fingerprint density at radius 3 is 2.71 bits per heavy atom. The van der Waals surface area contributed by atoms with Gasteiger partial charge in [-0.2, -0.15) is 11.8 Å². The van der Waals surface area contributed by atoms with Crippen molar-refractivity contribution in [2.75, 3.05) is 12.0 Å². The number of hydrogen-bond donors (Lipinski definition) is 1. The minimum absolute atomic E-state index is 0.386. The molecule has 1 saturated carbocycles. The zero-order valence-corrected chi connectivity index (χ0v) is 13.9. The Morgan fingerprint density at radius 2 is 2.05 bits per heavy atom. The zero-order valence-electron chi connectivity index (χ0n) is 13.1. The second kappa shape index (κ2) is 5.91. The highest BCUT2D eigenvalue weighted by molar-refractivity contribution is 8.00. The summed E-state index contributed by atoms with van der Waals surface area (Å²) in [5.74, 6) is 1.19. The number of anilines is 1. The number of hydrogen-bond acceptors (Lipinski definition) is 3. The number of benzene rings is 1. The smallest absolute Gasteiger partial charge is 0.109 e. The highest BCUT2D eigenvalue weighted by atomic mass is 32.2. The van der Waals surface area contributed by atoms with Crippen LogP contribution >= 0.6 is 11.8 Å². The number of rotatable bonds is 4. The van der Waals surface area contributed by atoms with E-state index in [1.165, 1.54) is 43.4 Å². The second-order valence-corrected chi connectivity index (χ2v) is 7.44. The van der Waals surface area contributed by atoms with E-state index in [2.05, 4.69) is 23.8 Å². The number of fused-ring (bicyclic) bond motifs is 1. The molecule has 3 nitrogen and oxygen atoms in total. The molecule has 4 heteroatoms. The molecule has 1 aromatic heterocycles. The summed E-state index contributed by atoms with van der Waals surface area (Å²) in [6, 6.07) is 6.12. The maximum absolute atomic E-state index is 5.91. The summed E-state index contributed by atoms with van der Waals surface area (Å²) in [6.07, 6.45) is 10.0. The van der Waals surface area contributed by atoms with E-state index in [0.717, 1.165) is 24.2 Å². The van der Waals surface area contributed by atoms with E-state index >= 15 is 0 Å². The lowest BCUT2D eigenvalue weighted by Gasteiger charge is -2.36. The van der Waals surface area contributed by atoms with Crippen molar-refractivity contribution in [1.29, 1.82) is 0 Å². The van der Waals surface area contributed by atoms with Crippen LogP contribution in [0.5, 0.6) is 0 Å². The lowest BCUT2D eigenvalue weighted by atomic mass is 9.88. The molecule has 1 aliphatic rings. The first-order chi connectivity index (χ1) is 10.2. The number of aromatic nitrogens is 2. The summed E-state index contributed by atoms with van der Waals surface area (Å²) in [7, 11) is 0. The molecule has 114 valence electrons. The molecule has 21 heavy (non-hydrogen) atoms. The molecule has 0 unspecified atom stereocenters. The Balaban J connectivity index is 2.02. The minimum atomic E-state index is 0.386. The van der Waals surface area contributed by atoms with E-state index in [4.69, 9.17) is 10.7 Å². The molecule has 3 rings (SSSR count). The predicted molar refractivity (Wildman–Crippen MR) is 92.9 cm³/mol. The molecule has 1 heterocycles. The van der Waals surface area contributed by atoms with Gasteiger partial charge in [0.05, 0.1) is 11.0 Å². The molecule has 0 saturated heterocycles. The number of nitrogen functional groups attached to an aromatic ring is 1. The molecule has 0 spiro atoms. The first-order valence-electron chi connectivity index (χ1n) is 7.97. The van der Waals surface area contributed by atoms with Gasteiger partial charge in [0.1, 0.15) is 5.82 Å². The van der Waals surface area contributed by atoms with Crippen molar-refractivity contribution >= 4 is 28.5 Å². The van der Waals surface area contributed by atoms with Crippen LogP contribution in [-0.4, -0.2) is 20.6 Å². The summed E-state index contributed by atoms with van der Waals surface area (Å²) < 4.78 is 2.83. The second-order valence-electron chi connectivity index (χ2n) is 6.16. The molecule has 0 aliphatic heterocycles. The van der Waals surface area contributed by atoms with Crippen LogP contribution in [0.2, 0.25) is 0 Å². The summed E-state index contributed by atoms with van der Waals surface area (Å²) >= 11 is 2.05. The Labute approximate surface area is 131 Å². The first-order valence-corrected chi connectivity index (χ1v) is 9.20. The third kappa shape index (κ3) is 2.78. The average Bonchev–Trinajstić information content (AvgIpc) is 2.85. The van der Waals surface area contributed by atoms with E-state index in [1.54, 1.807) is 0 Å². The largest absolute Gasteiger partial charge is 0.399 e. The highest BCUT2D eigenvalue weighted by Crippen LogP contribution is 2.40. The fraction of sp³-hybridized carbons (Fsp3) is 0.588. The maximum atomic E-state index is 5.91. The minimum Gasteiger partial charge on any atom is -0.399 e. The predicted octanol–water partition coefficient (Wildman–Crippen LogP) is 4.25. The van der Waals surface area contributed by atoms with Gasteiger partial charge in [0.2, 0.25) is 0 Å². The van der Waals surface area contributed by atoms with Crippen LogP contribution in [0.3, 0.4) is 0 Å². The van der Waals surface area contributed by atoms with Crippen molar-refractivity contribution in [2.45, 2.75) is 56.7 Å². The Morgan fingerprint density at radius 1 is 1.29 bits per heavy atom. The Bertz CT molecular complexity index is 626. The van der Waals surface area contributed by atoms with E-state index in [0.29, 0.717) is 4.75 Å². The summed E-state index contributed by atoms with van der Waals surface area (Å²) in [5, 5.41) is 0. The molecule has 0 radical (unpaired) electrons. The van der Waals surface area contributed by atoms with E-state index in [-0.39, 0.29) is 0 Å². The molecule has 0 atom stereocenters. The monoisotopic (exact) mass is 303 g/mol. The molecule has 2 N–H and O–H groups in total. The van der Waals surface area contributed by atoms with Crippen LogP contribution in [0.15, 0.2) is 18.2 Å². The lowest BCUT2D eigenvalue weighted by molar-refractivity contribution is 0.358. The van der Waals surface area contributed by atoms with Gasteiger partial charge < -0.3 is 10.3 Å². The third-order valence-electron chi connectivity index (χ3n) is 4.81. The first kappa shape index (κ1) is 14.8. The number of nitrogens with two attached hydrogens (primary N) is 1. The van der Waals surface area contributed by atoms with Gasteiger partial charge in [-0.3, -0.25) is 0 Å². The van der Waals surface area contributed by atoms with Crippen LogP contribution in [0.1, 0.15) is 44.9 Å². The van der Waals surface area contributed by atoms with Gasteiger partial charge in [0.25, 0.3) is 0 Å². The molecule has 2 aromatic rings. The highest BCUT2D eigenvalue weighted by Gasteiger charge is 2.32. The quantitative estimate of drug-likeness (QED) is 0.859. The lowest BCUT2D eigenvalue weighted by Crippen LogP contribution is -2.33. The molecule has 1 aliphatic carbocycles.